The molecule has 0 aliphatic carbocycles. The maximum absolute atomic E-state index is 14.8. The second-order valence-electron chi connectivity index (χ2n) is 12.1. The number of carbonyl (C=O) groups excluding carboxylic acids is 3. The molecule has 3 amide bonds. The Morgan fingerprint density at radius 1 is 1.12 bits per heavy atom. The molecule has 3 aliphatic rings. The number of rotatable bonds is 14. The molecule has 3 aliphatic heterocycles. The maximum atomic E-state index is 14.8. The van der Waals surface area contributed by atoms with Crippen LogP contribution in [0.15, 0.2) is 55.6 Å². The summed E-state index contributed by atoms with van der Waals surface area (Å²) in [7, 11) is 0. The van der Waals surface area contributed by atoms with Crippen molar-refractivity contribution in [3.05, 3.63) is 61.2 Å². The van der Waals surface area contributed by atoms with Crippen molar-refractivity contribution in [3.8, 4) is 0 Å². The number of fused-ring (bicyclic) bond motifs is 1. The topological polar surface area (TPSA) is 81.2 Å². The molecule has 0 radical (unpaired) electrons. The lowest BCUT2D eigenvalue weighted by Crippen LogP contribution is -2.57. The minimum atomic E-state index is -0.791. The van der Waals surface area contributed by atoms with E-state index in [-0.39, 0.29) is 30.4 Å². The zero-order chi connectivity index (χ0) is 29.9. The van der Waals surface area contributed by atoms with Crippen LogP contribution in [0, 0.1) is 11.8 Å². The van der Waals surface area contributed by atoms with Crippen molar-refractivity contribution in [2.75, 3.05) is 26.2 Å². The first kappa shape index (κ1) is 31.4. The fourth-order valence-electron chi connectivity index (χ4n) is 7.66. The van der Waals surface area contributed by atoms with Gasteiger partial charge in [-0.05, 0) is 45.1 Å². The summed E-state index contributed by atoms with van der Waals surface area (Å²) in [5.41, 5.74) is 0.780. The first-order chi connectivity index (χ1) is 19.6. The van der Waals surface area contributed by atoms with Crippen LogP contribution in [0.25, 0.3) is 0 Å². The standard InChI is InChI=1S/C33H47N3O4S/c1-7-14-23(5)35(21-10-4)31(40)28-33-18-17-32(6,41-33)26(29(38)34(19-8-2)20-9-3)27(33)30(39)36(28)25(22-37)24-15-12-11-13-16-24/h8,10-13,15-16,23,25-28,37H,2,4,7,9,14,17-22H2,1,3,5-6H3/t23?,25-,26-,27+,28?,32+,33?/m1/s1. The van der Waals surface area contributed by atoms with Gasteiger partial charge in [-0.2, -0.15) is 0 Å². The molecule has 224 valence electrons. The van der Waals surface area contributed by atoms with Gasteiger partial charge in [-0.3, -0.25) is 14.4 Å². The van der Waals surface area contributed by atoms with Crippen LogP contribution in [0.1, 0.15) is 71.4 Å². The van der Waals surface area contributed by atoms with Crippen molar-refractivity contribution in [2.45, 2.75) is 87.4 Å². The smallest absolute Gasteiger partial charge is 0.247 e. The lowest BCUT2D eigenvalue weighted by atomic mass is 9.66. The summed E-state index contributed by atoms with van der Waals surface area (Å²) in [5, 5.41) is 10.7. The Kier molecular flexibility index (Phi) is 9.74. The van der Waals surface area contributed by atoms with Crippen LogP contribution in [-0.2, 0) is 14.4 Å². The number of thioether (sulfide) groups is 1. The monoisotopic (exact) mass is 581 g/mol. The van der Waals surface area contributed by atoms with Gasteiger partial charge < -0.3 is 19.8 Å². The van der Waals surface area contributed by atoms with E-state index in [1.165, 1.54) is 0 Å². The minimum absolute atomic E-state index is 0.0303. The number of hydrogen-bond donors (Lipinski definition) is 1. The molecule has 3 unspecified atom stereocenters. The summed E-state index contributed by atoms with van der Waals surface area (Å²) >= 11 is 1.68. The Hall–Kier alpha value is -2.58. The van der Waals surface area contributed by atoms with Gasteiger partial charge in [0.1, 0.15) is 6.04 Å². The van der Waals surface area contributed by atoms with Gasteiger partial charge in [-0.15, -0.1) is 24.9 Å². The van der Waals surface area contributed by atoms with E-state index >= 15 is 0 Å². The molecule has 1 spiro atoms. The Labute approximate surface area is 250 Å². The zero-order valence-corrected chi connectivity index (χ0v) is 25.9. The average Bonchev–Trinajstić information content (AvgIpc) is 3.53. The summed E-state index contributed by atoms with van der Waals surface area (Å²) in [6.45, 7) is 17.1. The van der Waals surface area contributed by atoms with Gasteiger partial charge in [-0.25, -0.2) is 0 Å². The lowest BCUT2D eigenvalue weighted by Gasteiger charge is -2.41. The van der Waals surface area contributed by atoms with Gasteiger partial charge in [-0.1, -0.05) is 62.8 Å². The molecule has 3 heterocycles. The van der Waals surface area contributed by atoms with E-state index in [1.54, 1.807) is 28.8 Å². The predicted octanol–water partition coefficient (Wildman–Crippen LogP) is 4.83. The van der Waals surface area contributed by atoms with Crippen LogP contribution in [0.3, 0.4) is 0 Å². The molecule has 4 rings (SSSR count). The summed E-state index contributed by atoms with van der Waals surface area (Å²) in [6, 6.07) is 7.93. The maximum Gasteiger partial charge on any atom is 0.247 e. The van der Waals surface area contributed by atoms with Crippen molar-refractivity contribution in [1.29, 1.82) is 0 Å². The quantitative estimate of drug-likeness (QED) is 0.319. The Bertz CT molecular complexity index is 1140. The number of likely N-dealkylation sites (tertiary alicyclic amines) is 1. The van der Waals surface area contributed by atoms with Gasteiger partial charge >= 0.3 is 0 Å². The zero-order valence-electron chi connectivity index (χ0n) is 25.1. The first-order valence-corrected chi connectivity index (χ1v) is 16.0. The third kappa shape index (κ3) is 5.27. The summed E-state index contributed by atoms with van der Waals surface area (Å²) < 4.78 is -1.20. The van der Waals surface area contributed by atoms with Crippen LogP contribution >= 0.6 is 11.8 Å². The molecule has 0 saturated carbocycles. The van der Waals surface area contributed by atoms with E-state index in [0.717, 1.165) is 31.2 Å². The fourth-order valence-corrected chi connectivity index (χ4v) is 9.99. The van der Waals surface area contributed by atoms with Crippen LogP contribution < -0.4 is 0 Å². The molecule has 7 atom stereocenters. The van der Waals surface area contributed by atoms with Crippen molar-refractivity contribution < 1.29 is 19.5 Å². The molecule has 7 nitrogen and oxygen atoms in total. The van der Waals surface area contributed by atoms with Crippen LogP contribution in [0.5, 0.6) is 0 Å². The first-order valence-electron chi connectivity index (χ1n) is 15.1. The van der Waals surface area contributed by atoms with Gasteiger partial charge in [0.2, 0.25) is 17.7 Å². The number of hydrogen-bond acceptors (Lipinski definition) is 5. The number of aliphatic hydroxyl groups excluding tert-OH is 1. The Morgan fingerprint density at radius 2 is 1.80 bits per heavy atom. The minimum Gasteiger partial charge on any atom is -0.394 e. The van der Waals surface area contributed by atoms with Crippen molar-refractivity contribution >= 4 is 29.5 Å². The number of carbonyl (C=O) groups is 3. The number of amides is 3. The van der Waals surface area contributed by atoms with E-state index < -0.39 is 33.4 Å². The molecule has 2 bridgehead atoms. The SMILES string of the molecule is C=CCN(CCC)C(=O)[C@H]1[C@H]2C(=O)N([C@H](CO)c3ccccc3)C(C(=O)N(CC=C)C(C)CCC)C23CC[C@]1(C)S3. The van der Waals surface area contributed by atoms with E-state index in [0.29, 0.717) is 26.1 Å². The molecule has 1 aromatic carbocycles. The van der Waals surface area contributed by atoms with E-state index in [1.807, 2.05) is 54.0 Å². The van der Waals surface area contributed by atoms with Crippen molar-refractivity contribution in [1.82, 2.24) is 14.7 Å². The largest absolute Gasteiger partial charge is 0.394 e. The Morgan fingerprint density at radius 3 is 2.39 bits per heavy atom. The lowest BCUT2D eigenvalue weighted by molar-refractivity contribution is -0.148. The molecule has 41 heavy (non-hydrogen) atoms. The molecular formula is C33H47N3O4S. The molecular weight excluding hydrogens is 534 g/mol. The Balaban J connectivity index is 1.87. The number of aliphatic hydroxyl groups is 1. The number of benzene rings is 1. The molecule has 0 aromatic heterocycles. The fraction of sp³-hybridized carbons (Fsp3) is 0.606. The molecule has 3 fully saturated rings. The highest BCUT2D eigenvalue weighted by Gasteiger charge is 2.78. The highest BCUT2D eigenvalue weighted by molar-refractivity contribution is 8.02. The third-order valence-electron chi connectivity index (χ3n) is 9.41. The summed E-state index contributed by atoms with van der Waals surface area (Å²) in [4.78, 5) is 49.1. The van der Waals surface area contributed by atoms with Crippen LogP contribution in [0.2, 0.25) is 0 Å². The van der Waals surface area contributed by atoms with Gasteiger partial charge in [0, 0.05) is 30.4 Å². The van der Waals surface area contributed by atoms with Crippen molar-refractivity contribution in [3.63, 3.8) is 0 Å². The van der Waals surface area contributed by atoms with E-state index in [2.05, 4.69) is 27.0 Å². The normalized spacial score (nSPS) is 29.6. The second-order valence-corrected chi connectivity index (χ2v) is 14.0. The molecule has 1 N–H and O–H groups in total. The highest BCUT2D eigenvalue weighted by Crippen LogP contribution is 2.72. The average molecular weight is 582 g/mol. The summed E-state index contributed by atoms with van der Waals surface area (Å²) in [5.74, 6) is -1.52. The predicted molar refractivity (Wildman–Crippen MR) is 165 cm³/mol. The molecule has 3 saturated heterocycles. The van der Waals surface area contributed by atoms with E-state index in [4.69, 9.17) is 0 Å². The molecule has 8 heteroatoms. The van der Waals surface area contributed by atoms with Crippen molar-refractivity contribution in [2.24, 2.45) is 11.8 Å². The second kappa shape index (κ2) is 12.7. The number of nitrogens with zero attached hydrogens (tertiary/aromatic N) is 3. The van der Waals surface area contributed by atoms with Crippen LogP contribution in [0.4, 0.5) is 0 Å². The van der Waals surface area contributed by atoms with Gasteiger partial charge in [0.15, 0.2) is 0 Å². The van der Waals surface area contributed by atoms with Crippen LogP contribution in [-0.4, -0.2) is 85.3 Å². The third-order valence-corrected chi connectivity index (χ3v) is 11.4. The summed E-state index contributed by atoms with van der Waals surface area (Å²) in [6.07, 6.45) is 7.47. The van der Waals surface area contributed by atoms with Gasteiger partial charge in [0.05, 0.1) is 29.2 Å². The van der Waals surface area contributed by atoms with E-state index in [9.17, 15) is 19.5 Å². The van der Waals surface area contributed by atoms with Gasteiger partial charge in [0.25, 0.3) is 0 Å². The highest BCUT2D eigenvalue weighted by atomic mass is 32.2. The molecule has 1 aromatic rings.